The fourth-order valence-electron chi connectivity index (χ4n) is 3.09. The van der Waals surface area contributed by atoms with Crippen molar-refractivity contribution in [2.75, 3.05) is 26.2 Å². The van der Waals surface area contributed by atoms with Crippen LogP contribution in [0.15, 0.2) is 24.3 Å². The van der Waals surface area contributed by atoms with Crippen molar-refractivity contribution >= 4 is 18.3 Å². The molecule has 0 aromatic heterocycles. The first-order valence-electron chi connectivity index (χ1n) is 6.87. The molecular formula is C15H21ClN2O. The number of likely N-dealkylation sites (tertiary alicyclic amines) is 1. The van der Waals surface area contributed by atoms with Gasteiger partial charge < -0.3 is 10.2 Å². The number of halogens is 1. The highest BCUT2D eigenvalue weighted by molar-refractivity contribution is 5.94. The molecular weight excluding hydrogens is 260 g/mol. The van der Waals surface area contributed by atoms with Crippen LogP contribution in [-0.4, -0.2) is 37.0 Å². The Balaban J connectivity index is 0.00000133. The summed E-state index contributed by atoms with van der Waals surface area (Å²) in [5.41, 5.74) is 2.12. The summed E-state index contributed by atoms with van der Waals surface area (Å²) in [6.07, 6.45) is 1.02. The van der Waals surface area contributed by atoms with E-state index in [0.717, 1.165) is 38.2 Å². The molecule has 0 spiro atoms. The molecule has 1 N–H and O–H groups in total. The maximum absolute atomic E-state index is 12.4. The number of carbonyl (C=O) groups excluding carboxylic acids is 1. The lowest BCUT2D eigenvalue weighted by molar-refractivity contribution is 0.0781. The van der Waals surface area contributed by atoms with E-state index in [1.165, 1.54) is 5.56 Å². The Morgan fingerprint density at radius 1 is 1.21 bits per heavy atom. The van der Waals surface area contributed by atoms with Gasteiger partial charge in [0.15, 0.2) is 0 Å². The zero-order valence-corrected chi connectivity index (χ0v) is 12.1. The van der Waals surface area contributed by atoms with Gasteiger partial charge in [-0.25, -0.2) is 0 Å². The summed E-state index contributed by atoms with van der Waals surface area (Å²) in [5.74, 6) is 1.54. The normalized spacial score (nSPS) is 25.0. The van der Waals surface area contributed by atoms with Gasteiger partial charge in [0.25, 0.3) is 5.91 Å². The van der Waals surface area contributed by atoms with Crippen LogP contribution in [-0.2, 0) is 6.42 Å². The van der Waals surface area contributed by atoms with E-state index < -0.39 is 0 Å². The van der Waals surface area contributed by atoms with Gasteiger partial charge in [0.1, 0.15) is 0 Å². The Kier molecular flexibility index (Phi) is 4.48. The van der Waals surface area contributed by atoms with Gasteiger partial charge in [0.2, 0.25) is 0 Å². The molecule has 0 unspecified atom stereocenters. The number of nitrogens with one attached hydrogen (secondary N) is 1. The topological polar surface area (TPSA) is 32.3 Å². The van der Waals surface area contributed by atoms with Crippen LogP contribution in [0.1, 0.15) is 22.8 Å². The fraction of sp³-hybridized carbons (Fsp3) is 0.533. The minimum absolute atomic E-state index is 0. The van der Waals surface area contributed by atoms with Crippen LogP contribution in [0.25, 0.3) is 0 Å². The zero-order valence-electron chi connectivity index (χ0n) is 11.3. The maximum atomic E-state index is 12.4. The summed E-state index contributed by atoms with van der Waals surface area (Å²) in [6, 6.07) is 8.05. The third-order valence-corrected chi connectivity index (χ3v) is 4.29. The number of aryl methyl sites for hydroxylation is 1. The lowest BCUT2D eigenvalue weighted by atomic mass is 10.0. The van der Waals surface area contributed by atoms with Crippen LogP contribution in [0, 0.1) is 11.8 Å². The Morgan fingerprint density at radius 2 is 1.79 bits per heavy atom. The van der Waals surface area contributed by atoms with Crippen molar-refractivity contribution in [3.8, 4) is 0 Å². The number of benzene rings is 1. The molecule has 2 saturated heterocycles. The number of hydrogen-bond donors (Lipinski definition) is 1. The zero-order chi connectivity index (χ0) is 12.5. The van der Waals surface area contributed by atoms with Gasteiger partial charge in [-0.2, -0.15) is 0 Å². The summed E-state index contributed by atoms with van der Waals surface area (Å²) in [4.78, 5) is 14.4. The molecule has 1 aromatic carbocycles. The first kappa shape index (κ1) is 14.4. The minimum atomic E-state index is 0. The van der Waals surface area contributed by atoms with Crippen LogP contribution in [0.4, 0.5) is 0 Å². The van der Waals surface area contributed by atoms with Gasteiger partial charge in [-0.05, 0) is 36.0 Å². The van der Waals surface area contributed by atoms with E-state index in [0.29, 0.717) is 11.8 Å². The minimum Gasteiger partial charge on any atom is -0.338 e. The first-order chi connectivity index (χ1) is 8.78. The summed E-state index contributed by atoms with van der Waals surface area (Å²) in [6.45, 7) is 6.12. The number of amides is 1. The lowest BCUT2D eigenvalue weighted by Gasteiger charge is -2.17. The maximum Gasteiger partial charge on any atom is 0.253 e. The third-order valence-electron chi connectivity index (χ3n) is 4.29. The molecule has 0 aliphatic carbocycles. The molecule has 3 nitrogen and oxygen atoms in total. The highest BCUT2D eigenvalue weighted by Gasteiger charge is 2.38. The average molecular weight is 281 g/mol. The second kappa shape index (κ2) is 5.93. The van der Waals surface area contributed by atoms with Crippen LogP contribution < -0.4 is 5.32 Å². The van der Waals surface area contributed by atoms with E-state index >= 15 is 0 Å². The second-order valence-electron chi connectivity index (χ2n) is 5.44. The highest BCUT2D eigenvalue weighted by atomic mass is 35.5. The van der Waals surface area contributed by atoms with Gasteiger partial charge in [-0.1, -0.05) is 19.1 Å². The van der Waals surface area contributed by atoms with E-state index in [2.05, 4.69) is 24.4 Å². The largest absolute Gasteiger partial charge is 0.338 e. The van der Waals surface area contributed by atoms with Crippen molar-refractivity contribution < 1.29 is 4.79 Å². The molecule has 2 atom stereocenters. The van der Waals surface area contributed by atoms with Crippen molar-refractivity contribution in [2.45, 2.75) is 13.3 Å². The SMILES string of the molecule is CCc1ccc(C(=O)N2C[C@H]3CNC[C@H]3C2)cc1.Cl. The molecule has 0 radical (unpaired) electrons. The van der Waals surface area contributed by atoms with E-state index in [9.17, 15) is 4.79 Å². The summed E-state index contributed by atoms with van der Waals surface area (Å²) >= 11 is 0. The fourth-order valence-corrected chi connectivity index (χ4v) is 3.09. The van der Waals surface area contributed by atoms with Gasteiger partial charge in [-0.15, -0.1) is 12.4 Å². The highest BCUT2D eigenvalue weighted by Crippen LogP contribution is 2.27. The Hall–Kier alpha value is -1.06. The Bertz CT molecular complexity index is 434. The van der Waals surface area contributed by atoms with Crippen molar-refractivity contribution in [1.82, 2.24) is 10.2 Å². The third kappa shape index (κ3) is 2.77. The Morgan fingerprint density at radius 3 is 2.32 bits per heavy atom. The van der Waals surface area contributed by atoms with Crippen LogP contribution in [0.5, 0.6) is 0 Å². The molecule has 4 heteroatoms. The predicted octanol–water partition coefficient (Wildman–Crippen LogP) is 1.96. The predicted molar refractivity (Wildman–Crippen MR) is 78.8 cm³/mol. The standard InChI is InChI=1S/C15H20N2O.ClH/c1-2-11-3-5-12(6-4-11)15(18)17-9-13-7-16-8-14(13)10-17;/h3-6,13-14,16H,2,7-10H2,1H3;1H/t13-,14+;. The van der Waals surface area contributed by atoms with Gasteiger partial charge >= 0.3 is 0 Å². The summed E-state index contributed by atoms with van der Waals surface area (Å²) in [5, 5.41) is 3.40. The molecule has 0 bridgehead atoms. The molecule has 3 rings (SSSR count). The molecule has 2 fully saturated rings. The van der Waals surface area contributed by atoms with E-state index in [1.807, 2.05) is 17.0 Å². The molecule has 2 aliphatic rings. The van der Waals surface area contributed by atoms with Crippen molar-refractivity contribution in [3.63, 3.8) is 0 Å². The van der Waals surface area contributed by atoms with Crippen molar-refractivity contribution in [3.05, 3.63) is 35.4 Å². The number of carbonyl (C=O) groups is 1. The average Bonchev–Trinajstić information content (AvgIpc) is 2.99. The van der Waals surface area contributed by atoms with Gasteiger partial charge in [0, 0.05) is 31.7 Å². The van der Waals surface area contributed by atoms with E-state index in [1.54, 1.807) is 0 Å². The van der Waals surface area contributed by atoms with Crippen molar-refractivity contribution in [1.29, 1.82) is 0 Å². The number of hydrogen-bond acceptors (Lipinski definition) is 2. The summed E-state index contributed by atoms with van der Waals surface area (Å²) in [7, 11) is 0. The van der Waals surface area contributed by atoms with E-state index in [-0.39, 0.29) is 18.3 Å². The Labute approximate surface area is 120 Å². The molecule has 1 aromatic rings. The van der Waals surface area contributed by atoms with Crippen LogP contribution in [0.2, 0.25) is 0 Å². The lowest BCUT2D eigenvalue weighted by Crippen LogP contribution is -2.31. The van der Waals surface area contributed by atoms with Crippen LogP contribution >= 0.6 is 12.4 Å². The number of nitrogens with zero attached hydrogens (tertiary/aromatic N) is 1. The number of fused-ring (bicyclic) bond motifs is 1. The molecule has 2 aliphatic heterocycles. The quantitative estimate of drug-likeness (QED) is 0.898. The second-order valence-corrected chi connectivity index (χ2v) is 5.44. The molecule has 0 saturated carbocycles. The smallest absolute Gasteiger partial charge is 0.253 e. The molecule has 19 heavy (non-hydrogen) atoms. The molecule has 104 valence electrons. The van der Waals surface area contributed by atoms with Gasteiger partial charge in [0.05, 0.1) is 0 Å². The summed E-state index contributed by atoms with van der Waals surface area (Å²) < 4.78 is 0. The van der Waals surface area contributed by atoms with E-state index in [4.69, 9.17) is 0 Å². The van der Waals surface area contributed by atoms with Crippen molar-refractivity contribution in [2.24, 2.45) is 11.8 Å². The molecule has 1 amide bonds. The first-order valence-corrected chi connectivity index (χ1v) is 6.87. The monoisotopic (exact) mass is 280 g/mol. The number of rotatable bonds is 2. The van der Waals surface area contributed by atoms with Crippen LogP contribution in [0.3, 0.4) is 0 Å². The molecule has 2 heterocycles. The van der Waals surface area contributed by atoms with Gasteiger partial charge in [-0.3, -0.25) is 4.79 Å².